The van der Waals surface area contributed by atoms with Crippen molar-refractivity contribution in [3.63, 3.8) is 0 Å². The van der Waals surface area contributed by atoms with Crippen LogP contribution in [-0.4, -0.2) is 24.1 Å². The first-order valence-electron chi connectivity index (χ1n) is 6.33. The van der Waals surface area contributed by atoms with E-state index >= 15 is 0 Å². The standard InChI is InChI=1S/C13H24N2S/c1-13(2,7-5-8-14)11-15-10-12-6-3-4-9-16-12/h12,15H,3-7,9-11H2,1-2H3. The summed E-state index contributed by atoms with van der Waals surface area (Å²) >= 11 is 2.12. The van der Waals surface area contributed by atoms with E-state index < -0.39 is 0 Å². The van der Waals surface area contributed by atoms with Gasteiger partial charge in [0, 0.05) is 24.8 Å². The van der Waals surface area contributed by atoms with Gasteiger partial charge in [0.25, 0.3) is 0 Å². The topological polar surface area (TPSA) is 35.8 Å². The Morgan fingerprint density at radius 1 is 1.44 bits per heavy atom. The lowest BCUT2D eigenvalue weighted by atomic mass is 9.88. The van der Waals surface area contributed by atoms with Gasteiger partial charge < -0.3 is 5.32 Å². The summed E-state index contributed by atoms with van der Waals surface area (Å²) in [6.45, 7) is 6.66. The Hall–Kier alpha value is -0.200. The highest BCUT2D eigenvalue weighted by Crippen LogP contribution is 2.25. The van der Waals surface area contributed by atoms with Gasteiger partial charge in [-0.2, -0.15) is 17.0 Å². The molecule has 0 bridgehead atoms. The fraction of sp³-hybridized carbons (Fsp3) is 0.923. The molecule has 0 spiro atoms. The normalized spacial score (nSPS) is 21.7. The van der Waals surface area contributed by atoms with Gasteiger partial charge in [-0.05, 0) is 30.4 Å². The van der Waals surface area contributed by atoms with Crippen LogP contribution in [-0.2, 0) is 0 Å². The number of hydrogen-bond acceptors (Lipinski definition) is 3. The molecule has 16 heavy (non-hydrogen) atoms. The summed E-state index contributed by atoms with van der Waals surface area (Å²) in [4.78, 5) is 0. The fourth-order valence-electron chi connectivity index (χ4n) is 2.02. The molecule has 0 amide bonds. The SMILES string of the molecule is CC(C)(CCC#N)CNCC1CCCCS1. The van der Waals surface area contributed by atoms with Crippen LogP contribution in [0.2, 0.25) is 0 Å². The van der Waals surface area contributed by atoms with Crippen LogP contribution in [0.1, 0.15) is 46.0 Å². The first-order valence-corrected chi connectivity index (χ1v) is 7.38. The Morgan fingerprint density at radius 2 is 2.25 bits per heavy atom. The molecule has 2 nitrogen and oxygen atoms in total. The molecule has 0 radical (unpaired) electrons. The average Bonchev–Trinajstić information content (AvgIpc) is 2.28. The minimum Gasteiger partial charge on any atom is -0.315 e. The molecule has 92 valence electrons. The summed E-state index contributed by atoms with van der Waals surface area (Å²) in [5, 5.41) is 13.0. The van der Waals surface area contributed by atoms with Crippen molar-refractivity contribution in [2.24, 2.45) is 5.41 Å². The van der Waals surface area contributed by atoms with Gasteiger partial charge in [-0.3, -0.25) is 0 Å². The quantitative estimate of drug-likeness (QED) is 0.774. The number of nitrogens with zero attached hydrogens (tertiary/aromatic N) is 1. The van der Waals surface area contributed by atoms with E-state index in [1.807, 2.05) is 0 Å². The monoisotopic (exact) mass is 240 g/mol. The van der Waals surface area contributed by atoms with Crippen molar-refractivity contribution < 1.29 is 0 Å². The van der Waals surface area contributed by atoms with Crippen LogP contribution in [0.5, 0.6) is 0 Å². The number of rotatable bonds is 6. The number of nitrogens with one attached hydrogen (secondary N) is 1. The molecule has 3 heteroatoms. The van der Waals surface area contributed by atoms with Gasteiger partial charge in [0.1, 0.15) is 0 Å². The molecule has 1 unspecified atom stereocenters. The van der Waals surface area contributed by atoms with Gasteiger partial charge in [0.2, 0.25) is 0 Å². The second kappa shape index (κ2) is 7.19. The fourth-order valence-corrected chi connectivity index (χ4v) is 3.30. The summed E-state index contributed by atoms with van der Waals surface area (Å²) in [5.41, 5.74) is 0.259. The highest BCUT2D eigenvalue weighted by atomic mass is 32.2. The van der Waals surface area contributed by atoms with Crippen LogP contribution in [0.25, 0.3) is 0 Å². The van der Waals surface area contributed by atoms with Gasteiger partial charge in [0.05, 0.1) is 6.07 Å². The van der Waals surface area contributed by atoms with Gasteiger partial charge in [-0.15, -0.1) is 0 Å². The molecule has 0 saturated carbocycles. The Balaban J connectivity index is 2.11. The second-order valence-electron chi connectivity index (χ2n) is 5.44. The third-order valence-electron chi connectivity index (χ3n) is 3.16. The van der Waals surface area contributed by atoms with Crippen LogP contribution in [0, 0.1) is 16.7 Å². The largest absolute Gasteiger partial charge is 0.315 e. The second-order valence-corrected chi connectivity index (χ2v) is 6.85. The van der Waals surface area contributed by atoms with E-state index in [2.05, 4.69) is 37.0 Å². The summed E-state index contributed by atoms with van der Waals surface area (Å²) < 4.78 is 0. The van der Waals surface area contributed by atoms with Gasteiger partial charge in [-0.25, -0.2) is 0 Å². The van der Waals surface area contributed by atoms with E-state index in [1.54, 1.807) is 0 Å². The average molecular weight is 240 g/mol. The molecule has 1 rings (SSSR count). The third-order valence-corrected chi connectivity index (χ3v) is 4.56. The van der Waals surface area contributed by atoms with Crippen LogP contribution < -0.4 is 5.32 Å². The van der Waals surface area contributed by atoms with E-state index in [0.717, 1.165) is 24.8 Å². The Bertz CT molecular complexity index is 227. The van der Waals surface area contributed by atoms with E-state index in [0.29, 0.717) is 6.42 Å². The van der Waals surface area contributed by atoms with E-state index in [4.69, 9.17) is 5.26 Å². The van der Waals surface area contributed by atoms with Gasteiger partial charge in [-0.1, -0.05) is 20.3 Å². The van der Waals surface area contributed by atoms with Crippen molar-refractivity contribution in [3.05, 3.63) is 0 Å². The zero-order chi connectivity index (χ0) is 11.9. The summed E-state index contributed by atoms with van der Waals surface area (Å²) in [5.74, 6) is 1.34. The van der Waals surface area contributed by atoms with Crippen molar-refractivity contribution in [2.75, 3.05) is 18.8 Å². The zero-order valence-electron chi connectivity index (χ0n) is 10.6. The molecule has 1 aliphatic rings. The summed E-state index contributed by atoms with van der Waals surface area (Å²) in [7, 11) is 0. The number of thioether (sulfide) groups is 1. The van der Waals surface area contributed by atoms with Crippen LogP contribution in [0.15, 0.2) is 0 Å². The lowest BCUT2D eigenvalue weighted by molar-refractivity contribution is 0.318. The molecular weight excluding hydrogens is 216 g/mol. The van der Waals surface area contributed by atoms with Crippen LogP contribution in [0.3, 0.4) is 0 Å². The highest BCUT2D eigenvalue weighted by Gasteiger charge is 2.18. The minimum atomic E-state index is 0.259. The first kappa shape index (κ1) is 13.9. The zero-order valence-corrected chi connectivity index (χ0v) is 11.4. The highest BCUT2D eigenvalue weighted by molar-refractivity contribution is 7.99. The molecule has 1 N–H and O–H groups in total. The lowest BCUT2D eigenvalue weighted by Crippen LogP contribution is -2.34. The van der Waals surface area contributed by atoms with Crippen molar-refractivity contribution in [1.82, 2.24) is 5.32 Å². The minimum absolute atomic E-state index is 0.259. The Labute approximate surface area is 104 Å². The van der Waals surface area contributed by atoms with Crippen molar-refractivity contribution >= 4 is 11.8 Å². The molecule has 0 aliphatic carbocycles. The predicted octanol–water partition coefficient (Wildman–Crippen LogP) is 3.19. The van der Waals surface area contributed by atoms with E-state index in [9.17, 15) is 0 Å². The predicted molar refractivity (Wildman–Crippen MR) is 71.6 cm³/mol. The molecule has 1 fully saturated rings. The molecule has 0 aromatic heterocycles. The maximum Gasteiger partial charge on any atom is 0.0621 e. The van der Waals surface area contributed by atoms with Crippen molar-refractivity contribution in [1.29, 1.82) is 5.26 Å². The summed E-state index contributed by atoms with van der Waals surface area (Å²) in [6.07, 6.45) is 5.84. The maximum atomic E-state index is 8.59. The van der Waals surface area contributed by atoms with Crippen LogP contribution in [0.4, 0.5) is 0 Å². The summed E-state index contributed by atoms with van der Waals surface area (Å²) in [6, 6.07) is 2.23. The third kappa shape index (κ3) is 5.77. The molecule has 1 aliphatic heterocycles. The molecule has 0 aromatic rings. The maximum absolute atomic E-state index is 8.59. The lowest BCUT2D eigenvalue weighted by Gasteiger charge is -2.27. The van der Waals surface area contributed by atoms with Crippen molar-refractivity contribution in [2.45, 2.75) is 51.2 Å². The Kier molecular flexibility index (Phi) is 6.23. The van der Waals surface area contributed by atoms with Gasteiger partial charge >= 0.3 is 0 Å². The van der Waals surface area contributed by atoms with E-state index in [1.165, 1.54) is 25.0 Å². The van der Waals surface area contributed by atoms with E-state index in [-0.39, 0.29) is 5.41 Å². The van der Waals surface area contributed by atoms with Gasteiger partial charge in [0.15, 0.2) is 0 Å². The molecule has 1 atom stereocenters. The number of hydrogen-bond donors (Lipinski definition) is 1. The van der Waals surface area contributed by atoms with Crippen LogP contribution >= 0.6 is 11.8 Å². The number of nitriles is 1. The molecule has 1 saturated heterocycles. The molecular formula is C13H24N2S. The van der Waals surface area contributed by atoms with Crippen molar-refractivity contribution in [3.8, 4) is 6.07 Å². The first-order chi connectivity index (χ1) is 7.64. The Morgan fingerprint density at radius 3 is 2.88 bits per heavy atom. The molecule has 1 heterocycles. The molecule has 0 aromatic carbocycles. The smallest absolute Gasteiger partial charge is 0.0621 e.